The molecule has 2 aromatic carbocycles. The van der Waals surface area contributed by atoms with Gasteiger partial charge in [-0.05, 0) is 23.4 Å². The minimum absolute atomic E-state index is 0.159. The Balaban J connectivity index is 2.50. The van der Waals surface area contributed by atoms with E-state index in [2.05, 4.69) is 22.0 Å². The number of hydrogen-bond donors (Lipinski definition) is 0. The Labute approximate surface area is 103 Å². The van der Waals surface area contributed by atoms with Crippen LogP contribution in [0.25, 0.3) is 16.8 Å². The minimum atomic E-state index is -0.159. The van der Waals surface area contributed by atoms with Gasteiger partial charge in [0.25, 0.3) is 0 Å². The lowest BCUT2D eigenvalue weighted by molar-refractivity contribution is 0.640. The predicted molar refractivity (Wildman–Crippen MR) is 71.4 cm³/mol. The predicted octanol–water partition coefficient (Wildman–Crippen LogP) is 4.78. The first-order valence-corrected chi connectivity index (χ1v) is 6.35. The summed E-state index contributed by atoms with van der Waals surface area (Å²) in [6.45, 7) is 0. The molecule has 0 heterocycles. The number of alkyl halides is 1. The van der Waals surface area contributed by atoms with Crippen molar-refractivity contribution in [2.45, 2.75) is 6.42 Å². The van der Waals surface area contributed by atoms with Crippen LogP contribution in [0.4, 0.5) is 4.39 Å². The van der Waals surface area contributed by atoms with Crippen molar-refractivity contribution >= 4 is 32.8 Å². The van der Waals surface area contributed by atoms with E-state index in [-0.39, 0.29) is 5.82 Å². The molecule has 0 aliphatic carbocycles. The topological polar surface area (TPSA) is 0 Å². The number of benzene rings is 2. The van der Waals surface area contributed by atoms with E-state index < -0.39 is 0 Å². The fraction of sp³-hybridized carbons (Fsp3) is 0.143. The number of allylic oxidation sites excluding steroid dienone is 1. The summed E-state index contributed by atoms with van der Waals surface area (Å²) in [7, 11) is 0. The fourth-order valence-corrected chi connectivity index (χ4v) is 1.97. The Morgan fingerprint density at radius 3 is 2.56 bits per heavy atom. The van der Waals surface area contributed by atoms with Crippen molar-refractivity contribution in [2.24, 2.45) is 0 Å². The average Bonchev–Trinajstić information content (AvgIpc) is 2.33. The van der Waals surface area contributed by atoms with Gasteiger partial charge < -0.3 is 0 Å². The summed E-state index contributed by atoms with van der Waals surface area (Å²) in [6.07, 6.45) is 5.11. The van der Waals surface area contributed by atoms with Gasteiger partial charge in [-0.1, -0.05) is 58.4 Å². The molecule has 0 aromatic heterocycles. The van der Waals surface area contributed by atoms with E-state index in [0.29, 0.717) is 5.39 Å². The zero-order chi connectivity index (χ0) is 11.4. The third kappa shape index (κ3) is 2.33. The smallest absolute Gasteiger partial charge is 0.131 e. The number of rotatable bonds is 3. The van der Waals surface area contributed by atoms with Crippen molar-refractivity contribution in [1.29, 1.82) is 0 Å². The van der Waals surface area contributed by atoms with Gasteiger partial charge in [-0.15, -0.1) is 0 Å². The summed E-state index contributed by atoms with van der Waals surface area (Å²) in [6, 6.07) is 10.9. The number of fused-ring (bicyclic) bond motifs is 1. The molecule has 0 fully saturated rings. The standard InChI is InChI=1S/C14H12BrF/c15-10-4-3-5-11-8-9-14(16)13-7-2-1-6-12(11)13/h1-3,5-9H,4,10H2. The Kier molecular flexibility index (Phi) is 3.73. The van der Waals surface area contributed by atoms with Crippen LogP contribution in [0.3, 0.4) is 0 Å². The number of hydrogen-bond acceptors (Lipinski definition) is 0. The SMILES string of the molecule is Fc1ccc(C=CCCBr)c2ccccc12. The van der Waals surface area contributed by atoms with Gasteiger partial charge in [0.05, 0.1) is 0 Å². The lowest BCUT2D eigenvalue weighted by atomic mass is 10.0. The fourth-order valence-electron chi connectivity index (χ4n) is 1.70. The van der Waals surface area contributed by atoms with Crippen molar-refractivity contribution < 1.29 is 4.39 Å². The van der Waals surface area contributed by atoms with Crippen LogP contribution in [0.2, 0.25) is 0 Å². The van der Waals surface area contributed by atoms with Crippen LogP contribution >= 0.6 is 15.9 Å². The molecule has 2 rings (SSSR count). The third-order valence-corrected chi connectivity index (χ3v) is 2.94. The van der Waals surface area contributed by atoms with Crippen molar-refractivity contribution in [3.8, 4) is 0 Å². The molecule has 0 nitrogen and oxygen atoms in total. The molecule has 2 aromatic rings. The third-order valence-electron chi connectivity index (χ3n) is 2.48. The molecule has 0 spiro atoms. The van der Waals surface area contributed by atoms with E-state index in [1.54, 1.807) is 0 Å². The Morgan fingerprint density at radius 2 is 1.81 bits per heavy atom. The molecule has 0 bridgehead atoms. The molecule has 0 amide bonds. The van der Waals surface area contributed by atoms with E-state index in [0.717, 1.165) is 22.7 Å². The Bertz CT molecular complexity index is 517. The second kappa shape index (κ2) is 5.26. The maximum Gasteiger partial charge on any atom is 0.131 e. The molecule has 0 unspecified atom stereocenters. The maximum atomic E-state index is 13.5. The Morgan fingerprint density at radius 1 is 1.06 bits per heavy atom. The summed E-state index contributed by atoms with van der Waals surface area (Å²) < 4.78 is 13.5. The minimum Gasteiger partial charge on any atom is -0.206 e. The molecule has 0 aliphatic heterocycles. The van der Waals surface area contributed by atoms with Crippen molar-refractivity contribution in [1.82, 2.24) is 0 Å². The van der Waals surface area contributed by atoms with Gasteiger partial charge in [-0.2, -0.15) is 0 Å². The van der Waals surface area contributed by atoms with Crippen LogP contribution in [-0.4, -0.2) is 5.33 Å². The zero-order valence-corrected chi connectivity index (χ0v) is 10.4. The van der Waals surface area contributed by atoms with Gasteiger partial charge in [-0.3, -0.25) is 0 Å². The van der Waals surface area contributed by atoms with E-state index >= 15 is 0 Å². The normalized spacial score (nSPS) is 11.4. The largest absolute Gasteiger partial charge is 0.206 e. The van der Waals surface area contributed by atoms with E-state index in [4.69, 9.17) is 0 Å². The first kappa shape index (κ1) is 11.3. The highest BCUT2D eigenvalue weighted by Gasteiger charge is 2.02. The highest BCUT2D eigenvalue weighted by molar-refractivity contribution is 9.09. The highest BCUT2D eigenvalue weighted by Crippen LogP contribution is 2.22. The average molecular weight is 279 g/mol. The second-order valence-electron chi connectivity index (χ2n) is 3.56. The summed E-state index contributed by atoms with van der Waals surface area (Å²) in [4.78, 5) is 0. The van der Waals surface area contributed by atoms with Crippen LogP contribution < -0.4 is 0 Å². The van der Waals surface area contributed by atoms with Crippen LogP contribution in [0, 0.1) is 5.82 Å². The second-order valence-corrected chi connectivity index (χ2v) is 4.36. The molecule has 0 saturated carbocycles. The van der Waals surface area contributed by atoms with Gasteiger partial charge in [0.2, 0.25) is 0 Å². The molecule has 82 valence electrons. The molecule has 16 heavy (non-hydrogen) atoms. The van der Waals surface area contributed by atoms with Gasteiger partial charge in [0.1, 0.15) is 5.82 Å². The first-order chi connectivity index (χ1) is 7.83. The van der Waals surface area contributed by atoms with Gasteiger partial charge in [-0.25, -0.2) is 4.39 Å². The summed E-state index contributed by atoms with van der Waals surface area (Å²) in [5.74, 6) is -0.159. The molecule has 0 aliphatic rings. The number of halogens is 2. The molecular weight excluding hydrogens is 267 g/mol. The van der Waals surface area contributed by atoms with Crippen molar-refractivity contribution in [3.63, 3.8) is 0 Å². The summed E-state index contributed by atoms with van der Waals surface area (Å²) in [5, 5.41) is 2.60. The van der Waals surface area contributed by atoms with Crippen LogP contribution in [-0.2, 0) is 0 Å². The zero-order valence-electron chi connectivity index (χ0n) is 8.79. The summed E-state index contributed by atoms with van der Waals surface area (Å²) in [5.41, 5.74) is 1.07. The highest BCUT2D eigenvalue weighted by atomic mass is 79.9. The molecule has 2 heteroatoms. The molecule has 0 atom stereocenters. The van der Waals surface area contributed by atoms with Crippen molar-refractivity contribution in [2.75, 3.05) is 5.33 Å². The summed E-state index contributed by atoms with van der Waals surface area (Å²) >= 11 is 3.37. The van der Waals surface area contributed by atoms with Crippen LogP contribution in [0.15, 0.2) is 42.5 Å². The molecule has 0 N–H and O–H groups in total. The van der Waals surface area contributed by atoms with Gasteiger partial charge >= 0.3 is 0 Å². The monoisotopic (exact) mass is 278 g/mol. The quantitative estimate of drug-likeness (QED) is 0.709. The van der Waals surface area contributed by atoms with Gasteiger partial charge in [0.15, 0.2) is 0 Å². The van der Waals surface area contributed by atoms with Crippen LogP contribution in [0.1, 0.15) is 12.0 Å². The lowest BCUT2D eigenvalue weighted by Crippen LogP contribution is -1.83. The van der Waals surface area contributed by atoms with E-state index in [1.807, 2.05) is 36.4 Å². The molecule has 0 saturated heterocycles. The maximum absolute atomic E-state index is 13.5. The molecule has 0 radical (unpaired) electrons. The molecular formula is C14H12BrF. The van der Waals surface area contributed by atoms with Gasteiger partial charge in [0, 0.05) is 10.7 Å². The van der Waals surface area contributed by atoms with Crippen LogP contribution in [0.5, 0.6) is 0 Å². The van der Waals surface area contributed by atoms with E-state index in [1.165, 1.54) is 6.07 Å². The Hall–Kier alpha value is -1.15. The first-order valence-electron chi connectivity index (χ1n) is 5.22. The lowest BCUT2D eigenvalue weighted by Gasteiger charge is -2.03. The van der Waals surface area contributed by atoms with E-state index in [9.17, 15) is 4.39 Å². The van der Waals surface area contributed by atoms with Crippen molar-refractivity contribution in [3.05, 3.63) is 53.9 Å².